The van der Waals surface area contributed by atoms with Crippen LogP contribution in [0.25, 0.3) is 10.9 Å². The van der Waals surface area contributed by atoms with Crippen LogP contribution in [0.1, 0.15) is 5.56 Å². The number of pyridine rings is 1. The number of hydrazine groups is 1. The molecule has 1 amide bonds. The van der Waals surface area contributed by atoms with Gasteiger partial charge in [0.2, 0.25) is 0 Å². The molecule has 0 saturated carbocycles. The number of allylic oxidation sites excluding steroid dienone is 2. The molecule has 156 valence electrons. The Labute approximate surface area is 170 Å². The molecule has 0 spiro atoms. The van der Waals surface area contributed by atoms with Crippen LogP contribution in [0.3, 0.4) is 0 Å². The van der Waals surface area contributed by atoms with Gasteiger partial charge in [0.15, 0.2) is 0 Å². The number of hydrogen-bond acceptors (Lipinski definition) is 7. The van der Waals surface area contributed by atoms with Gasteiger partial charge in [0.05, 0.1) is 23.5 Å². The zero-order chi connectivity index (χ0) is 21.4. The molecule has 0 unspecified atom stereocenters. The number of alkyl halides is 2. The summed E-state index contributed by atoms with van der Waals surface area (Å²) in [5, 5.41) is 0.321. The second-order valence-electron chi connectivity index (χ2n) is 5.75. The maximum absolute atomic E-state index is 14.6. The SMILES string of the molecule is COCCOc1cnc2ccc(C(F)(F)C(=O)NN/C(N)=C/C=C(\N)Cl)cc2c1. The third kappa shape index (κ3) is 6.19. The predicted molar refractivity (Wildman–Crippen MR) is 105 cm³/mol. The van der Waals surface area contributed by atoms with Crippen LogP contribution in [0, 0.1) is 0 Å². The minimum absolute atomic E-state index is 0.0678. The molecule has 1 aromatic heterocycles. The molecular weight excluding hydrogens is 408 g/mol. The topological polar surface area (TPSA) is 125 Å². The highest BCUT2D eigenvalue weighted by atomic mass is 35.5. The van der Waals surface area contributed by atoms with Crippen molar-refractivity contribution >= 4 is 28.4 Å². The van der Waals surface area contributed by atoms with Crippen LogP contribution in [0.5, 0.6) is 5.75 Å². The van der Waals surface area contributed by atoms with Gasteiger partial charge in [-0.25, -0.2) is 0 Å². The molecule has 2 rings (SSSR count). The first kappa shape index (κ1) is 22.2. The second-order valence-corrected chi connectivity index (χ2v) is 6.18. The van der Waals surface area contributed by atoms with E-state index in [0.717, 1.165) is 6.07 Å². The quantitative estimate of drug-likeness (QED) is 0.208. The maximum atomic E-state index is 14.6. The van der Waals surface area contributed by atoms with Gasteiger partial charge in [-0.15, -0.1) is 0 Å². The predicted octanol–water partition coefficient (Wildman–Crippen LogP) is 1.81. The average molecular weight is 428 g/mol. The molecule has 0 aliphatic heterocycles. The van der Waals surface area contributed by atoms with E-state index in [9.17, 15) is 13.6 Å². The van der Waals surface area contributed by atoms with Gasteiger partial charge in [-0.1, -0.05) is 17.7 Å². The number of aromatic nitrogens is 1. The van der Waals surface area contributed by atoms with Gasteiger partial charge < -0.3 is 20.9 Å². The fourth-order valence-corrected chi connectivity index (χ4v) is 2.24. The molecule has 0 aliphatic rings. The van der Waals surface area contributed by atoms with Gasteiger partial charge in [0.1, 0.15) is 18.2 Å². The highest BCUT2D eigenvalue weighted by Crippen LogP contribution is 2.31. The number of fused-ring (bicyclic) bond motifs is 1. The Hall–Kier alpha value is -3.11. The largest absolute Gasteiger partial charge is 0.490 e. The van der Waals surface area contributed by atoms with E-state index in [1.807, 2.05) is 5.43 Å². The lowest BCUT2D eigenvalue weighted by Crippen LogP contribution is -2.46. The summed E-state index contributed by atoms with van der Waals surface area (Å²) in [5.41, 5.74) is 14.6. The van der Waals surface area contributed by atoms with Crippen molar-refractivity contribution in [2.45, 2.75) is 5.92 Å². The van der Waals surface area contributed by atoms with Crippen molar-refractivity contribution in [3.05, 3.63) is 59.2 Å². The minimum atomic E-state index is -3.84. The Morgan fingerprint density at radius 1 is 1.24 bits per heavy atom. The number of benzene rings is 1. The summed E-state index contributed by atoms with van der Waals surface area (Å²) in [6, 6.07) is 5.23. The number of nitrogens with one attached hydrogen (secondary N) is 2. The highest BCUT2D eigenvalue weighted by molar-refractivity contribution is 6.29. The fraction of sp³-hybridized carbons (Fsp3) is 0.222. The molecule has 29 heavy (non-hydrogen) atoms. The summed E-state index contributed by atoms with van der Waals surface area (Å²) < 4.78 is 39.4. The lowest BCUT2D eigenvalue weighted by Gasteiger charge is -2.18. The van der Waals surface area contributed by atoms with Gasteiger partial charge in [-0.05, 0) is 30.4 Å². The lowest BCUT2D eigenvalue weighted by molar-refractivity contribution is -0.147. The van der Waals surface area contributed by atoms with Crippen LogP contribution in [0.4, 0.5) is 8.78 Å². The van der Waals surface area contributed by atoms with Crippen molar-refractivity contribution in [3.63, 3.8) is 0 Å². The number of amides is 1. The zero-order valence-corrected chi connectivity index (χ0v) is 16.2. The molecule has 11 heteroatoms. The Bertz CT molecular complexity index is 933. The van der Waals surface area contributed by atoms with Gasteiger partial charge >= 0.3 is 11.8 Å². The summed E-state index contributed by atoms with van der Waals surface area (Å²) in [6.07, 6.45) is 3.90. The Kier molecular flexibility index (Phi) is 7.57. The number of nitrogens with two attached hydrogens (primary N) is 2. The zero-order valence-electron chi connectivity index (χ0n) is 15.4. The highest BCUT2D eigenvalue weighted by Gasteiger charge is 2.41. The molecule has 0 radical (unpaired) electrons. The Morgan fingerprint density at radius 3 is 2.69 bits per heavy atom. The number of nitrogens with zero attached hydrogens (tertiary/aromatic N) is 1. The molecule has 0 bridgehead atoms. The molecular formula is C18H20ClF2N5O3. The first-order chi connectivity index (χ1) is 13.7. The first-order valence-electron chi connectivity index (χ1n) is 8.28. The van der Waals surface area contributed by atoms with Crippen molar-refractivity contribution in [2.24, 2.45) is 11.5 Å². The van der Waals surface area contributed by atoms with E-state index in [4.69, 9.17) is 32.5 Å². The van der Waals surface area contributed by atoms with Crippen LogP contribution in [-0.4, -0.2) is 31.2 Å². The van der Waals surface area contributed by atoms with Crippen molar-refractivity contribution in [3.8, 4) is 5.75 Å². The van der Waals surface area contributed by atoms with Crippen molar-refractivity contribution in [1.29, 1.82) is 0 Å². The van der Waals surface area contributed by atoms with Gasteiger partial charge in [-0.2, -0.15) is 8.78 Å². The number of rotatable bonds is 9. The monoisotopic (exact) mass is 427 g/mol. The Morgan fingerprint density at radius 2 is 2.00 bits per heavy atom. The number of carbonyl (C=O) groups is 1. The third-order valence-corrected chi connectivity index (χ3v) is 3.73. The van der Waals surface area contributed by atoms with Gasteiger partial charge in [-0.3, -0.25) is 20.6 Å². The van der Waals surface area contributed by atoms with E-state index < -0.39 is 17.4 Å². The summed E-state index contributed by atoms with van der Waals surface area (Å²) in [4.78, 5) is 16.1. The molecule has 2 aromatic rings. The first-order valence-corrected chi connectivity index (χ1v) is 8.66. The number of carbonyl (C=O) groups excluding carboxylic acids is 1. The second kappa shape index (κ2) is 9.89. The molecule has 0 saturated heterocycles. The van der Waals surface area contributed by atoms with E-state index in [2.05, 4.69) is 10.4 Å². The van der Waals surface area contributed by atoms with E-state index in [1.165, 1.54) is 37.6 Å². The minimum Gasteiger partial charge on any atom is -0.490 e. The standard InChI is InChI=1S/C18H20ClF2N5O3/c1-28-6-7-29-13-9-11-8-12(2-3-14(11)24-10-13)18(20,21)17(27)26-25-16(23)5-4-15(19)22/h2-5,8-10,25H,6-7,22-23H2,1H3,(H,26,27)/b15-4-,16-5+. The average Bonchev–Trinajstić information content (AvgIpc) is 2.69. The number of hydrogen-bond donors (Lipinski definition) is 4. The molecule has 8 nitrogen and oxygen atoms in total. The maximum Gasteiger partial charge on any atom is 0.351 e. The van der Waals surface area contributed by atoms with Crippen LogP contribution in [-0.2, 0) is 15.5 Å². The molecule has 1 heterocycles. The van der Waals surface area contributed by atoms with Gasteiger partial charge in [0.25, 0.3) is 0 Å². The summed E-state index contributed by atoms with van der Waals surface area (Å²) in [6.45, 7) is 0.654. The summed E-state index contributed by atoms with van der Waals surface area (Å²) in [5.74, 6) is -5.18. The van der Waals surface area contributed by atoms with E-state index in [-0.39, 0.29) is 17.6 Å². The number of halogens is 3. The molecule has 6 N–H and O–H groups in total. The molecule has 0 fully saturated rings. The van der Waals surface area contributed by atoms with Crippen LogP contribution < -0.4 is 27.1 Å². The third-order valence-electron chi connectivity index (χ3n) is 3.60. The van der Waals surface area contributed by atoms with Crippen molar-refractivity contribution < 1.29 is 23.0 Å². The molecule has 1 aromatic carbocycles. The fourth-order valence-electron chi connectivity index (χ4n) is 2.18. The number of ether oxygens (including phenoxy) is 2. The smallest absolute Gasteiger partial charge is 0.351 e. The van der Waals surface area contributed by atoms with Crippen LogP contribution >= 0.6 is 11.6 Å². The van der Waals surface area contributed by atoms with Crippen LogP contribution in [0.15, 0.2) is 53.6 Å². The lowest BCUT2D eigenvalue weighted by atomic mass is 10.0. The van der Waals surface area contributed by atoms with E-state index in [1.54, 1.807) is 6.07 Å². The normalized spacial score (nSPS) is 12.7. The van der Waals surface area contributed by atoms with Gasteiger partial charge in [0, 0.05) is 18.1 Å². The Balaban J connectivity index is 2.16. The number of methoxy groups -OCH3 is 1. The van der Waals surface area contributed by atoms with Crippen molar-refractivity contribution in [2.75, 3.05) is 20.3 Å². The summed E-state index contributed by atoms with van der Waals surface area (Å²) in [7, 11) is 1.53. The van der Waals surface area contributed by atoms with E-state index >= 15 is 0 Å². The summed E-state index contributed by atoms with van der Waals surface area (Å²) >= 11 is 5.41. The van der Waals surface area contributed by atoms with Crippen molar-refractivity contribution in [1.82, 2.24) is 15.8 Å². The molecule has 0 aliphatic carbocycles. The van der Waals surface area contributed by atoms with E-state index in [0.29, 0.717) is 23.3 Å². The van der Waals surface area contributed by atoms with Crippen LogP contribution in [0.2, 0.25) is 0 Å². The molecule has 0 atom stereocenters.